The maximum absolute atomic E-state index is 10.8. The SMILES string of the molecule is COc1ccc(-c2cc3ccccc3n2C[C@@H](O)C[NH2+]CCc2ccccc2)cc1. The Morgan fingerprint density at radius 1 is 0.933 bits per heavy atom. The van der Waals surface area contributed by atoms with Gasteiger partial charge in [0.2, 0.25) is 0 Å². The van der Waals surface area contributed by atoms with Gasteiger partial charge in [-0.2, -0.15) is 0 Å². The number of fused-ring (bicyclic) bond motifs is 1. The van der Waals surface area contributed by atoms with Gasteiger partial charge in [0.25, 0.3) is 0 Å². The molecule has 0 aliphatic rings. The predicted molar refractivity (Wildman–Crippen MR) is 122 cm³/mol. The standard InChI is InChI=1S/C26H28N2O2/c1-30-24-13-11-21(12-14-24)26-17-22-9-5-6-10-25(22)28(26)19-23(29)18-27-16-15-20-7-3-2-4-8-20/h2-14,17,23,27,29H,15-16,18-19H2,1H3/p+1/t23-/m0/s1. The Bertz CT molecular complexity index is 1070. The maximum atomic E-state index is 10.8. The molecule has 0 radical (unpaired) electrons. The summed E-state index contributed by atoms with van der Waals surface area (Å²) in [4.78, 5) is 0. The molecule has 3 aromatic carbocycles. The Hall–Kier alpha value is -3.08. The number of para-hydroxylation sites is 1. The van der Waals surface area contributed by atoms with E-state index < -0.39 is 6.10 Å². The molecule has 0 fully saturated rings. The topological polar surface area (TPSA) is 51.0 Å². The summed E-state index contributed by atoms with van der Waals surface area (Å²) in [7, 11) is 1.68. The average molecular weight is 402 g/mol. The normalized spacial score (nSPS) is 12.2. The van der Waals surface area contributed by atoms with E-state index in [1.807, 2.05) is 18.2 Å². The molecule has 4 nitrogen and oxygen atoms in total. The Kier molecular flexibility index (Phi) is 6.47. The van der Waals surface area contributed by atoms with Gasteiger partial charge < -0.3 is 19.7 Å². The van der Waals surface area contributed by atoms with E-state index in [2.05, 4.69) is 76.6 Å². The van der Waals surface area contributed by atoms with Gasteiger partial charge in [-0.3, -0.25) is 0 Å². The zero-order valence-corrected chi connectivity index (χ0v) is 17.4. The highest BCUT2D eigenvalue weighted by atomic mass is 16.5. The number of rotatable bonds is 9. The fraction of sp³-hybridized carbons (Fsp3) is 0.231. The van der Waals surface area contributed by atoms with Crippen molar-refractivity contribution in [3.05, 3.63) is 90.5 Å². The monoisotopic (exact) mass is 401 g/mol. The quantitative estimate of drug-likeness (QED) is 0.422. The third kappa shape index (κ3) is 4.73. The van der Waals surface area contributed by atoms with Crippen LogP contribution in [0.15, 0.2) is 84.9 Å². The molecule has 0 spiro atoms. The van der Waals surface area contributed by atoms with Gasteiger partial charge in [-0.1, -0.05) is 48.5 Å². The van der Waals surface area contributed by atoms with Crippen molar-refractivity contribution < 1.29 is 15.2 Å². The van der Waals surface area contributed by atoms with Crippen LogP contribution in [0.4, 0.5) is 0 Å². The van der Waals surface area contributed by atoms with E-state index in [1.165, 1.54) is 10.9 Å². The fourth-order valence-electron chi connectivity index (χ4n) is 3.92. The largest absolute Gasteiger partial charge is 0.497 e. The van der Waals surface area contributed by atoms with Crippen molar-refractivity contribution in [1.82, 2.24) is 4.57 Å². The predicted octanol–water partition coefficient (Wildman–Crippen LogP) is 3.48. The minimum Gasteiger partial charge on any atom is -0.497 e. The van der Waals surface area contributed by atoms with Gasteiger partial charge in [0.05, 0.1) is 20.2 Å². The van der Waals surface area contributed by atoms with Crippen LogP contribution in [0.3, 0.4) is 0 Å². The first-order valence-electron chi connectivity index (χ1n) is 10.5. The van der Waals surface area contributed by atoms with E-state index in [4.69, 9.17) is 4.74 Å². The van der Waals surface area contributed by atoms with Gasteiger partial charge in [-0.15, -0.1) is 0 Å². The van der Waals surface area contributed by atoms with Crippen LogP contribution in [0.2, 0.25) is 0 Å². The number of nitrogens with two attached hydrogens (primary N) is 1. The van der Waals surface area contributed by atoms with Crippen molar-refractivity contribution in [2.75, 3.05) is 20.2 Å². The molecule has 0 aliphatic carbocycles. The van der Waals surface area contributed by atoms with Crippen LogP contribution in [0.1, 0.15) is 5.56 Å². The smallest absolute Gasteiger partial charge is 0.121 e. The van der Waals surface area contributed by atoms with Crippen molar-refractivity contribution in [1.29, 1.82) is 0 Å². The van der Waals surface area contributed by atoms with Crippen molar-refractivity contribution >= 4 is 10.9 Å². The maximum Gasteiger partial charge on any atom is 0.121 e. The van der Waals surface area contributed by atoms with E-state index in [-0.39, 0.29) is 0 Å². The lowest BCUT2D eigenvalue weighted by Crippen LogP contribution is -2.87. The Morgan fingerprint density at radius 3 is 2.43 bits per heavy atom. The van der Waals surface area contributed by atoms with Crippen LogP contribution < -0.4 is 10.1 Å². The van der Waals surface area contributed by atoms with E-state index in [1.54, 1.807) is 7.11 Å². The zero-order valence-electron chi connectivity index (χ0n) is 17.4. The van der Waals surface area contributed by atoms with Crippen LogP contribution in [-0.4, -0.2) is 36.0 Å². The number of hydrogen-bond donors (Lipinski definition) is 2. The molecule has 4 rings (SSSR count). The second-order valence-corrected chi connectivity index (χ2v) is 7.63. The summed E-state index contributed by atoms with van der Waals surface area (Å²) in [5.74, 6) is 0.842. The van der Waals surface area contributed by atoms with E-state index in [0.717, 1.165) is 35.5 Å². The molecule has 0 aliphatic heterocycles. The summed E-state index contributed by atoms with van der Waals surface area (Å²) >= 11 is 0. The zero-order chi connectivity index (χ0) is 20.8. The molecule has 4 aromatic rings. The van der Waals surface area contributed by atoms with E-state index >= 15 is 0 Å². The number of benzene rings is 3. The molecule has 0 saturated heterocycles. The minimum atomic E-state index is -0.423. The van der Waals surface area contributed by atoms with Crippen LogP contribution in [-0.2, 0) is 13.0 Å². The summed E-state index contributed by atoms with van der Waals surface area (Å²) in [5, 5.41) is 14.1. The number of aliphatic hydroxyl groups is 1. The number of aliphatic hydroxyl groups excluding tert-OH is 1. The molecular formula is C26H29N2O2+. The summed E-state index contributed by atoms with van der Waals surface area (Å²) in [6.45, 7) is 2.22. The van der Waals surface area contributed by atoms with Crippen LogP contribution >= 0.6 is 0 Å². The van der Waals surface area contributed by atoms with Gasteiger partial charge >= 0.3 is 0 Å². The summed E-state index contributed by atoms with van der Waals surface area (Å²) in [6, 6.07) is 29.1. The first kappa shape index (κ1) is 20.2. The van der Waals surface area contributed by atoms with Crippen molar-refractivity contribution in [2.45, 2.75) is 19.1 Å². The van der Waals surface area contributed by atoms with Crippen LogP contribution in [0.25, 0.3) is 22.2 Å². The molecule has 0 saturated carbocycles. The lowest BCUT2D eigenvalue weighted by atomic mass is 10.1. The van der Waals surface area contributed by atoms with Crippen molar-refractivity contribution in [3.63, 3.8) is 0 Å². The Labute approximate surface area is 177 Å². The molecule has 0 unspecified atom stereocenters. The van der Waals surface area contributed by atoms with Crippen molar-refractivity contribution in [3.8, 4) is 17.0 Å². The molecule has 1 atom stereocenters. The molecule has 1 aromatic heterocycles. The molecule has 0 amide bonds. The van der Waals surface area contributed by atoms with Gasteiger partial charge in [-0.05, 0) is 47.5 Å². The van der Waals surface area contributed by atoms with Gasteiger partial charge in [-0.25, -0.2) is 0 Å². The molecule has 30 heavy (non-hydrogen) atoms. The van der Waals surface area contributed by atoms with E-state index in [0.29, 0.717) is 13.1 Å². The van der Waals surface area contributed by atoms with Gasteiger partial charge in [0, 0.05) is 23.0 Å². The first-order chi connectivity index (χ1) is 14.7. The molecule has 1 heterocycles. The summed E-state index contributed by atoms with van der Waals surface area (Å²) in [5.41, 5.74) is 4.71. The molecule has 154 valence electrons. The minimum absolute atomic E-state index is 0.423. The van der Waals surface area contributed by atoms with Gasteiger partial charge in [0.15, 0.2) is 0 Å². The van der Waals surface area contributed by atoms with Crippen LogP contribution in [0, 0.1) is 0 Å². The number of nitrogens with zero attached hydrogens (tertiary/aromatic N) is 1. The number of hydrogen-bond acceptors (Lipinski definition) is 2. The lowest BCUT2D eigenvalue weighted by molar-refractivity contribution is -0.660. The first-order valence-corrected chi connectivity index (χ1v) is 10.5. The number of ether oxygens (including phenoxy) is 1. The third-order valence-electron chi connectivity index (χ3n) is 5.51. The van der Waals surface area contributed by atoms with E-state index in [9.17, 15) is 5.11 Å². The highest BCUT2D eigenvalue weighted by Crippen LogP contribution is 2.29. The van der Waals surface area contributed by atoms with Gasteiger partial charge in [0.1, 0.15) is 18.4 Å². The molecular weight excluding hydrogens is 372 g/mol. The molecule has 4 heteroatoms. The molecule has 0 bridgehead atoms. The number of quaternary nitrogens is 1. The second-order valence-electron chi connectivity index (χ2n) is 7.63. The number of aromatic nitrogens is 1. The average Bonchev–Trinajstić information content (AvgIpc) is 3.16. The third-order valence-corrected chi connectivity index (χ3v) is 5.51. The lowest BCUT2D eigenvalue weighted by Gasteiger charge is -2.15. The summed E-state index contributed by atoms with van der Waals surface area (Å²) in [6.07, 6.45) is 0.588. The highest BCUT2D eigenvalue weighted by Gasteiger charge is 2.15. The Morgan fingerprint density at radius 2 is 1.67 bits per heavy atom. The summed E-state index contributed by atoms with van der Waals surface area (Å²) < 4.78 is 7.52. The number of methoxy groups -OCH3 is 1. The van der Waals surface area contributed by atoms with Crippen molar-refractivity contribution in [2.24, 2.45) is 0 Å². The molecule has 3 N–H and O–H groups in total. The van der Waals surface area contributed by atoms with Crippen LogP contribution in [0.5, 0.6) is 5.75 Å². The fourth-order valence-corrected chi connectivity index (χ4v) is 3.92. The Balaban J connectivity index is 1.46. The second kappa shape index (κ2) is 9.61. The highest BCUT2D eigenvalue weighted by molar-refractivity contribution is 5.87.